The average Bonchev–Trinajstić information content (AvgIpc) is 2.90. The van der Waals surface area contributed by atoms with Crippen molar-refractivity contribution >= 4 is 39.4 Å². The van der Waals surface area contributed by atoms with Gasteiger partial charge in [0, 0.05) is 50.3 Å². The van der Waals surface area contributed by atoms with Gasteiger partial charge in [-0.3, -0.25) is 4.79 Å². The molecule has 2 aliphatic heterocycles. The Morgan fingerprint density at radius 1 is 1.08 bits per heavy atom. The number of nitrogens with one attached hydrogen (secondary N) is 1. The fourth-order valence-corrected chi connectivity index (χ4v) is 5.86. The highest BCUT2D eigenvalue weighted by molar-refractivity contribution is 7.90. The second-order valence-electron chi connectivity index (χ2n) is 9.43. The van der Waals surface area contributed by atoms with E-state index in [-0.39, 0.29) is 22.7 Å². The summed E-state index contributed by atoms with van der Waals surface area (Å²) in [6.45, 7) is 7.53. The number of sulfonamides is 1. The Bertz CT molecular complexity index is 1310. The van der Waals surface area contributed by atoms with Gasteiger partial charge < -0.3 is 25.8 Å². The molecule has 1 fully saturated rings. The van der Waals surface area contributed by atoms with Crippen molar-refractivity contribution in [3.8, 4) is 0 Å². The minimum absolute atomic E-state index is 0.0436. The van der Waals surface area contributed by atoms with Crippen LogP contribution in [0.25, 0.3) is 0 Å². The molecule has 9 nitrogen and oxygen atoms in total. The standard InChI is InChI=1S/C27H34N6O3S/c1-20-7-12-25-22(19-20)5-4-14-33(25)21(2)27(34)32-17-15-31(16-18-32)23-8-10-24(11-9-23)37(35,36)30-26(29)6-3-13-28/h3,6-13,19,21,28H,4-5,14-18H2,1-2H3,(H2,29,30)/t21-/m1/s1. The molecule has 1 atom stereocenters. The molecule has 0 aromatic heterocycles. The van der Waals surface area contributed by atoms with Gasteiger partial charge in [-0.25, -0.2) is 0 Å². The number of hydrogen-bond donors (Lipinski definition) is 2. The predicted octanol–water partition coefficient (Wildman–Crippen LogP) is 2.74. The van der Waals surface area contributed by atoms with E-state index < -0.39 is 10.0 Å². The van der Waals surface area contributed by atoms with Crippen LogP contribution in [0.5, 0.6) is 0 Å². The van der Waals surface area contributed by atoms with Crippen LogP contribution >= 0.6 is 0 Å². The summed E-state index contributed by atoms with van der Waals surface area (Å²) in [5, 5.41) is 6.95. The van der Waals surface area contributed by atoms with Gasteiger partial charge in [0.15, 0.2) is 0 Å². The molecule has 196 valence electrons. The second kappa shape index (κ2) is 11.2. The predicted molar refractivity (Wildman–Crippen MR) is 148 cm³/mol. The van der Waals surface area contributed by atoms with E-state index in [0.29, 0.717) is 26.2 Å². The summed E-state index contributed by atoms with van der Waals surface area (Å²) in [5.74, 6) is -0.0483. The number of hydrogen-bond acceptors (Lipinski definition) is 6. The number of fused-ring (bicyclic) bond motifs is 1. The SMILES string of the molecule is Cc1ccc2c(c1)CCCN2[C@H](C)C(=O)N1CCN(c2ccc(S(=O)(=O)N=C(N)C=CC=N)cc2)CC1. The van der Waals surface area contributed by atoms with E-state index in [2.05, 4.69) is 39.3 Å². The Hall–Kier alpha value is -3.66. The highest BCUT2D eigenvalue weighted by atomic mass is 32.2. The lowest BCUT2D eigenvalue weighted by Crippen LogP contribution is -2.55. The normalized spacial score (nSPS) is 17.6. The van der Waals surface area contributed by atoms with E-state index in [0.717, 1.165) is 31.3 Å². The third-order valence-electron chi connectivity index (χ3n) is 6.89. The molecular weight excluding hydrogens is 488 g/mol. The van der Waals surface area contributed by atoms with Crippen molar-refractivity contribution in [2.45, 2.75) is 37.6 Å². The van der Waals surface area contributed by atoms with E-state index >= 15 is 0 Å². The van der Waals surface area contributed by atoms with Crippen molar-refractivity contribution in [2.75, 3.05) is 42.5 Å². The fourth-order valence-electron chi connectivity index (χ4n) is 4.94. The zero-order chi connectivity index (χ0) is 26.6. The lowest BCUT2D eigenvalue weighted by molar-refractivity contribution is -0.132. The molecule has 37 heavy (non-hydrogen) atoms. The summed E-state index contributed by atoms with van der Waals surface area (Å²) in [6, 6.07) is 12.8. The minimum Gasteiger partial charge on any atom is -0.383 e. The van der Waals surface area contributed by atoms with Crippen LogP contribution in [-0.2, 0) is 21.2 Å². The maximum Gasteiger partial charge on any atom is 0.284 e. The molecule has 0 bridgehead atoms. The minimum atomic E-state index is -3.94. The molecule has 1 saturated heterocycles. The number of aryl methyl sites for hydroxylation is 2. The number of piperazine rings is 1. The highest BCUT2D eigenvalue weighted by Gasteiger charge is 2.31. The lowest BCUT2D eigenvalue weighted by atomic mass is 9.98. The first-order valence-electron chi connectivity index (χ1n) is 12.5. The van der Waals surface area contributed by atoms with Gasteiger partial charge in [0.05, 0.1) is 4.90 Å². The molecule has 10 heteroatoms. The fraction of sp³-hybridized carbons (Fsp3) is 0.370. The Morgan fingerprint density at radius 2 is 1.78 bits per heavy atom. The van der Waals surface area contributed by atoms with Crippen LogP contribution in [0, 0.1) is 12.3 Å². The average molecular weight is 523 g/mol. The highest BCUT2D eigenvalue weighted by Crippen LogP contribution is 2.30. The summed E-state index contributed by atoms with van der Waals surface area (Å²) in [6.07, 6.45) is 5.65. The maximum absolute atomic E-state index is 13.4. The van der Waals surface area contributed by atoms with Gasteiger partial charge in [0.1, 0.15) is 11.9 Å². The monoisotopic (exact) mass is 522 g/mol. The number of anilines is 2. The van der Waals surface area contributed by atoms with Crippen molar-refractivity contribution in [3.05, 3.63) is 65.7 Å². The number of nitrogens with two attached hydrogens (primary N) is 1. The first-order valence-corrected chi connectivity index (χ1v) is 13.9. The van der Waals surface area contributed by atoms with Crippen LogP contribution < -0.4 is 15.5 Å². The first kappa shape index (κ1) is 26.4. The van der Waals surface area contributed by atoms with Crippen LogP contribution in [-0.4, -0.2) is 70.0 Å². The smallest absolute Gasteiger partial charge is 0.284 e. The van der Waals surface area contributed by atoms with Crippen molar-refractivity contribution in [1.29, 1.82) is 5.41 Å². The zero-order valence-corrected chi connectivity index (χ0v) is 22.1. The van der Waals surface area contributed by atoms with Gasteiger partial charge >= 0.3 is 0 Å². The van der Waals surface area contributed by atoms with Crippen LogP contribution in [0.1, 0.15) is 24.5 Å². The summed E-state index contributed by atoms with van der Waals surface area (Å²) in [4.78, 5) is 19.7. The number of allylic oxidation sites excluding steroid dienone is 1. The van der Waals surface area contributed by atoms with Crippen LogP contribution in [0.15, 0.2) is 63.9 Å². The number of amidine groups is 1. The molecule has 2 aromatic carbocycles. The third kappa shape index (κ3) is 6.02. The van der Waals surface area contributed by atoms with E-state index in [4.69, 9.17) is 11.1 Å². The van der Waals surface area contributed by atoms with E-state index in [1.807, 2.05) is 11.8 Å². The molecule has 0 unspecified atom stereocenters. The van der Waals surface area contributed by atoms with Crippen molar-refractivity contribution in [3.63, 3.8) is 0 Å². The van der Waals surface area contributed by atoms with Gasteiger partial charge in [-0.1, -0.05) is 17.7 Å². The second-order valence-corrected chi connectivity index (χ2v) is 11.0. The number of benzene rings is 2. The molecule has 2 heterocycles. The Kier molecular flexibility index (Phi) is 7.97. The zero-order valence-electron chi connectivity index (χ0n) is 21.3. The van der Waals surface area contributed by atoms with Gasteiger partial charge in [-0.05, 0) is 74.7 Å². The summed E-state index contributed by atoms with van der Waals surface area (Å²) in [7, 11) is -3.94. The van der Waals surface area contributed by atoms with Crippen molar-refractivity contribution < 1.29 is 13.2 Å². The van der Waals surface area contributed by atoms with Gasteiger partial charge in [0.2, 0.25) is 5.91 Å². The van der Waals surface area contributed by atoms with Crippen molar-refractivity contribution in [1.82, 2.24) is 4.90 Å². The van der Waals surface area contributed by atoms with Crippen LogP contribution in [0.4, 0.5) is 11.4 Å². The van der Waals surface area contributed by atoms with Crippen LogP contribution in [0.3, 0.4) is 0 Å². The quantitative estimate of drug-likeness (QED) is 0.426. The van der Waals surface area contributed by atoms with Crippen molar-refractivity contribution in [2.24, 2.45) is 10.1 Å². The maximum atomic E-state index is 13.4. The molecule has 3 N–H and O–H groups in total. The summed E-state index contributed by atoms with van der Waals surface area (Å²) >= 11 is 0. The number of amides is 1. The molecule has 0 saturated carbocycles. The number of rotatable bonds is 7. The molecule has 4 rings (SSSR count). The Morgan fingerprint density at radius 3 is 2.46 bits per heavy atom. The molecule has 0 spiro atoms. The Balaban J connectivity index is 1.37. The summed E-state index contributed by atoms with van der Waals surface area (Å²) < 4.78 is 28.5. The third-order valence-corrected chi connectivity index (χ3v) is 8.21. The molecule has 0 radical (unpaired) electrons. The number of nitrogens with zero attached hydrogens (tertiary/aromatic N) is 4. The molecule has 1 amide bonds. The molecule has 2 aromatic rings. The van der Waals surface area contributed by atoms with Gasteiger partial charge in [-0.15, -0.1) is 4.40 Å². The molecule has 0 aliphatic carbocycles. The van der Waals surface area contributed by atoms with E-state index in [1.165, 1.54) is 41.1 Å². The van der Waals surface area contributed by atoms with Gasteiger partial charge in [-0.2, -0.15) is 8.42 Å². The number of carbonyl (C=O) groups excluding carboxylic acids is 1. The molecule has 2 aliphatic rings. The van der Waals surface area contributed by atoms with Gasteiger partial charge in [0.25, 0.3) is 10.0 Å². The van der Waals surface area contributed by atoms with E-state index in [9.17, 15) is 13.2 Å². The van der Waals surface area contributed by atoms with Crippen LogP contribution in [0.2, 0.25) is 0 Å². The largest absolute Gasteiger partial charge is 0.383 e. The topological polar surface area (TPSA) is 123 Å². The number of carbonyl (C=O) groups is 1. The Labute approximate surface area is 218 Å². The van der Waals surface area contributed by atoms with E-state index in [1.54, 1.807) is 12.1 Å². The first-order chi connectivity index (χ1) is 17.7. The molecular formula is C27H34N6O3S. The summed E-state index contributed by atoms with van der Waals surface area (Å²) in [5.41, 5.74) is 10.2. The lowest BCUT2D eigenvalue weighted by Gasteiger charge is -2.41.